The summed E-state index contributed by atoms with van der Waals surface area (Å²) in [7, 11) is 1.69. The van der Waals surface area contributed by atoms with Gasteiger partial charge in [0.25, 0.3) is 0 Å². The summed E-state index contributed by atoms with van der Waals surface area (Å²) in [6.07, 6.45) is 9.53. The van der Waals surface area contributed by atoms with Crippen LogP contribution in [-0.2, 0) is 11.2 Å². The maximum atomic E-state index is 6.04. The maximum absolute atomic E-state index is 6.04. The molecule has 0 spiro atoms. The van der Waals surface area contributed by atoms with Crippen molar-refractivity contribution in [3.05, 3.63) is 78.7 Å². The lowest BCUT2D eigenvalue weighted by atomic mass is 10.1. The number of benzene rings is 1. The van der Waals surface area contributed by atoms with E-state index in [1.807, 2.05) is 37.3 Å². The molecule has 0 fully saturated rings. The fourth-order valence-corrected chi connectivity index (χ4v) is 2.63. The third kappa shape index (κ3) is 4.52. The van der Waals surface area contributed by atoms with Crippen molar-refractivity contribution in [2.24, 2.45) is 0 Å². The van der Waals surface area contributed by atoms with Gasteiger partial charge >= 0.3 is 0 Å². The SMILES string of the molecule is C=CC1=CCN(C(=C)/C=C\C)C(CCc2cccc(OC)c2)O1. The number of nitrogens with zero attached hydrogens (tertiary/aromatic N) is 1. The molecule has 23 heavy (non-hydrogen) atoms. The molecule has 0 saturated carbocycles. The summed E-state index contributed by atoms with van der Waals surface area (Å²) in [4.78, 5) is 2.17. The number of rotatable bonds is 7. The summed E-state index contributed by atoms with van der Waals surface area (Å²) in [6, 6.07) is 8.15. The number of methoxy groups -OCH3 is 1. The molecule has 0 aliphatic carbocycles. The van der Waals surface area contributed by atoms with Crippen LogP contribution in [0.2, 0.25) is 0 Å². The molecule has 0 radical (unpaired) electrons. The highest BCUT2D eigenvalue weighted by Crippen LogP contribution is 2.24. The van der Waals surface area contributed by atoms with Gasteiger partial charge in [0.15, 0.2) is 6.23 Å². The van der Waals surface area contributed by atoms with Gasteiger partial charge in [-0.15, -0.1) is 0 Å². The zero-order valence-corrected chi connectivity index (χ0v) is 14.0. The topological polar surface area (TPSA) is 21.7 Å². The average molecular weight is 311 g/mol. The monoisotopic (exact) mass is 311 g/mol. The molecule has 122 valence electrons. The Morgan fingerprint density at radius 2 is 2.30 bits per heavy atom. The van der Waals surface area contributed by atoms with Crippen molar-refractivity contribution in [1.29, 1.82) is 0 Å². The normalized spacial score (nSPS) is 17.6. The van der Waals surface area contributed by atoms with E-state index >= 15 is 0 Å². The Morgan fingerprint density at radius 1 is 1.48 bits per heavy atom. The lowest BCUT2D eigenvalue weighted by Crippen LogP contribution is -2.39. The molecule has 0 N–H and O–H groups in total. The number of ether oxygens (including phenoxy) is 2. The Balaban J connectivity index is 2.08. The Kier molecular flexibility index (Phi) is 6.10. The minimum absolute atomic E-state index is 0.0390. The van der Waals surface area contributed by atoms with Crippen LogP contribution in [0.5, 0.6) is 5.75 Å². The molecular formula is C20H25NO2. The van der Waals surface area contributed by atoms with E-state index in [1.54, 1.807) is 13.2 Å². The third-order valence-corrected chi connectivity index (χ3v) is 3.85. The van der Waals surface area contributed by atoms with E-state index in [9.17, 15) is 0 Å². The number of hydrogen-bond donors (Lipinski definition) is 0. The number of allylic oxidation sites excluding steroid dienone is 3. The molecule has 0 saturated heterocycles. The van der Waals surface area contributed by atoms with Crippen LogP contribution in [-0.4, -0.2) is 24.8 Å². The fraction of sp³-hybridized carbons (Fsp3) is 0.300. The highest BCUT2D eigenvalue weighted by molar-refractivity contribution is 5.28. The molecule has 2 rings (SSSR count). The minimum Gasteiger partial charge on any atom is -0.497 e. The van der Waals surface area contributed by atoms with Crippen LogP contribution >= 0.6 is 0 Å². The summed E-state index contributed by atoms with van der Waals surface area (Å²) >= 11 is 0. The van der Waals surface area contributed by atoms with E-state index in [1.165, 1.54) is 5.56 Å². The van der Waals surface area contributed by atoms with Crippen molar-refractivity contribution in [1.82, 2.24) is 4.90 Å². The Bertz CT molecular complexity index is 616. The first-order chi connectivity index (χ1) is 11.2. The summed E-state index contributed by atoms with van der Waals surface area (Å²) in [5, 5.41) is 0. The molecule has 0 amide bonds. The first-order valence-electron chi connectivity index (χ1n) is 7.88. The standard InChI is InChI=1S/C20H25NO2/c1-5-8-16(3)21-14-13-18(6-2)23-20(21)12-11-17-9-7-10-19(15-17)22-4/h5-10,13,15,20H,2-3,11-12,14H2,1,4H3/b8-5-. The molecule has 0 bridgehead atoms. The van der Waals surface area contributed by atoms with E-state index in [0.29, 0.717) is 0 Å². The lowest BCUT2D eigenvalue weighted by Gasteiger charge is -2.37. The largest absolute Gasteiger partial charge is 0.497 e. The molecule has 3 heteroatoms. The van der Waals surface area contributed by atoms with Gasteiger partial charge in [0.05, 0.1) is 7.11 Å². The summed E-state index contributed by atoms with van der Waals surface area (Å²) in [5.74, 6) is 1.72. The van der Waals surface area contributed by atoms with Crippen LogP contribution in [0.25, 0.3) is 0 Å². The smallest absolute Gasteiger partial charge is 0.172 e. The Hall–Kier alpha value is -2.42. The van der Waals surface area contributed by atoms with Gasteiger partial charge < -0.3 is 14.4 Å². The average Bonchev–Trinajstić information content (AvgIpc) is 2.60. The molecule has 1 aromatic carbocycles. The highest BCUT2D eigenvalue weighted by Gasteiger charge is 2.23. The van der Waals surface area contributed by atoms with Gasteiger partial charge in [0.1, 0.15) is 11.5 Å². The quantitative estimate of drug-likeness (QED) is 0.695. The van der Waals surface area contributed by atoms with Crippen molar-refractivity contribution in [2.45, 2.75) is 26.0 Å². The zero-order chi connectivity index (χ0) is 16.7. The zero-order valence-electron chi connectivity index (χ0n) is 14.0. The van der Waals surface area contributed by atoms with Gasteiger partial charge in [-0.05, 0) is 49.3 Å². The van der Waals surface area contributed by atoms with E-state index in [-0.39, 0.29) is 6.23 Å². The van der Waals surface area contributed by atoms with E-state index in [0.717, 1.165) is 36.6 Å². The van der Waals surface area contributed by atoms with Gasteiger partial charge in [-0.2, -0.15) is 0 Å². The van der Waals surface area contributed by atoms with Crippen LogP contribution in [0.4, 0.5) is 0 Å². The number of aryl methyl sites for hydroxylation is 1. The third-order valence-electron chi connectivity index (χ3n) is 3.85. The van der Waals surface area contributed by atoms with Crippen LogP contribution in [0.3, 0.4) is 0 Å². The van der Waals surface area contributed by atoms with Crippen molar-refractivity contribution in [3.8, 4) is 5.75 Å². The predicted octanol–water partition coefficient (Wildman–Crippen LogP) is 4.45. The van der Waals surface area contributed by atoms with Gasteiger partial charge in [-0.3, -0.25) is 0 Å². The molecule has 1 aliphatic heterocycles. The number of hydrogen-bond acceptors (Lipinski definition) is 3. The van der Waals surface area contributed by atoms with Crippen LogP contribution in [0.15, 0.2) is 73.2 Å². The van der Waals surface area contributed by atoms with Crippen LogP contribution in [0.1, 0.15) is 18.9 Å². The molecule has 1 atom stereocenters. The first kappa shape index (κ1) is 16.9. The molecule has 0 aromatic heterocycles. The van der Waals surface area contributed by atoms with E-state index in [2.05, 4.69) is 30.2 Å². The molecule has 1 unspecified atom stereocenters. The van der Waals surface area contributed by atoms with E-state index in [4.69, 9.17) is 9.47 Å². The van der Waals surface area contributed by atoms with Gasteiger partial charge in [0.2, 0.25) is 0 Å². The highest BCUT2D eigenvalue weighted by atomic mass is 16.5. The van der Waals surface area contributed by atoms with Crippen molar-refractivity contribution in [2.75, 3.05) is 13.7 Å². The second-order valence-corrected chi connectivity index (χ2v) is 5.42. The van der Waals surface area contributed by atoms with Crippen molar-refractivity contribution in [3.63, 3.8) is 0 Å². The molecule has 1 heterocycles. The maximum Gasteiger partial charge on any atom is 0.172 e. The molecular weight excluding hydrogens is 286 g/mol. The Morgan fingerprint density at radius 3 is 3.00 bits per heavy atom. The minimum atomic E-state index is -0.0390. The molecule has 1 aliphatic rings. The van der Waals surface area contributed by atoms with Crippen molar-refractivity contribution < 1.29 is 9.47 Å². The summed E-state index contributed by atoms with van der Waals surface area (Å²) < 4.78 is 11.3. The van der Waals surface area contributed by atoms with E-state index < -0.39 is 0 Å². The second-order valence-electron chi connectivity index (χ2n) is 5.42. The Labute approximate surface area is 139 Å². The van der Waals surface area contributed by atoms with Gasteiger partial charge in [0, 0.05) is 18.7 Å². The summed E-state index contributed by atoms with van der Waals surface area (Å²) in [6.45, 7) is 10.7. The van der Waals surface area contributed by atoms with Crippen molar-refractivity contribution >= 4 is 0 Å². The molecule has 1 aromatic rings. The fourth-order valence-electron chi connectivity index (χ4n) is 2.63. The predicted molar refractivity (Wildman–Crippen MR) is 95.1 cm³/mol. The second kappa shape index (κ2) is 8.28. The van der Waals surface area contributed by atoms with Crippen LogP contribution < -0.4 is 4.74 Å². The first-order valence-corrected chi connectivity index (χ1v) is 7.88. The molecule has 3 nitrogen and oxygen atoms in total. The van der Waals surface area contributed by atoms with Gasteiger partial charge in [-0.1, -0.05) is 31.4 Å². The summed E-state index contributed by atoms with van der Waals surface area (Å²) in [5.41, 5.74) is 2.20. The van der Waals surface area contributed by atoms with Gasteiger partial charge in [-0.25, -0.2) is 0 Å². The van der Waals surface area contributed by atoms with Crippen LogP contribution in [0, 0.1) is 0 Å². The lowest BCUT2D eigenvalue weighted by molar-refractivity contribution is -0.00948.